The number of fused-ring (bicyclic) bond motifs is 1. The van der Waals surface area contributed by atoms with Gasteiger partial charge in [0, 0.05) is 13.0 Å². The number of carbonyl (C=O) groups is 1. The van der Waals surface area contributed by atoms with Crippen molar-refractivity contribution < 1.29 is 14.6 Å². The zero-order valence-corrected chi connectivity index (χ0v) is 10.1. The summed E-state index contributed by atoms with van der Waals surface area (Å²) < 4.78 is 5.41. The van der Waals surface area contributed by atoms with E-state index in [9.17, 15) is 9.90 Å². The lowest BCUT2D eigenvalue weighted by atomic mass is 10.1. The lowest BCUT2D eigenvalue weighted by Crippen LogP contribution is -2.41. The third-order valence-electron chi connectivity index (χ3n) is 2.76. The van der Waals surface area contributed by atoms with Gasteiger partial charge in [-0.3, -0.25) is 4.79 Å². The maximum Gasteiger partial charge on any atom is 0.251 e. The van der Waals surface area contributed by atoms with Crippen LogP contribution in [0.2, 0.25) is 0 Å². The molecule has 1 aromatic rings. The van der Waals surface area contributed by atoms with Crippen molar-refractivity contribution in [3.05, 3.63) is 29.3 Å². The second kappa shape index (κ2) is 4.37. The molecule has 4 nitrogen and oxygen atoms in total. The summed E-state index contributed by atoms with van der Waals surface area (Å²) in [6.07, 6.45) is 0.919. The third-order valence-corrected chi connectivity index (χ3v) is 2.76. The molecule has 0 bridgehead atoms. The second-order valence-electron chi connectivity index (χ2n) is 4.78. The second-order valence-corrected chi connectivity index (χ2v) is 4.78. The Morgan fingerprint density at radius 1 is 1.53 bits per heavy atom. The minimum Gasteiger partial charge on any atom is -0.493 e. The molecule has 0 saturated heterocycles. The van der Waals surface area contributed by atoms with E-state index in [-0.39, 0.29) is 5.91 Å². The Kier molecular flexibility index (Phi) is 3.07. The smallest absolute Gasteiger partial charge is 0.251 e. The highest BCUT2D eigenvalue weighted by Crippen LogP contribution is 2.25. The van der Waals surface area contributed by atoms with Crippen LogP contribution in [-0.2, 0) is 17.8 Å². The highest BCUT2D eigenvalue weighted by molar-refractivity contribution is 5.83. The molecule has 0 aliphatic carbocycles. The Labute approximate surface area is 101 Å². The molecule has 92 valence electrons. The van der Waals surface area contributed by atoms with Crippen LogP contribution in [0.25, 0.3) is 0 Å². The Hall–Kier alpha value is -1.55. The van der Waals surface area contributed by atoms with Crippen LogP contribution in [0, 0.1) is 0 Å². The first-order valence-corrected chi connectivity index (χ1v) is 5.72. The predicted octanol–water partition coefficient (Wildman–Crippen LogP) is 1.01. The predicted molar refractivity (Wildman–Crippen MR) is 63.8 cm³/mol. The quantitative estimate of drug-likeness (QED) is 0.822. The van der Waals surface area contributed by atoms with Gasteiger partial charge < -0.3 is 15.2 Å². The Morgan fingerprint density at radius 3 is 3.00 bits per heavy atom. The van der Waals surface area contributed by atoms with E-state index in [2.05, 4.69) is 5.32 Å². The van der Waals surface area contributed by atoms with Crippen molar-refractivity contribution in [1.29, 1.82) is 0 Å². The molecular weight excluding hydrogens is 218 g/mol. The topological polar surface area (TPSA) is 58.6 Å². The summed E-state index contributed by atoms with van der Waals surface area (Å²) >= 11 is 0. The van der Waals surface area contributed by atoms with Gasteiger partial charge in [0.1, 0.15) is 11.4 Å². The number of hydrogen-bond donors (Lipinski definition) is 2. The van der Waals surface area contributed by atoms with Gasteiger partial charge in [-0.2, -0.15) is 0 Å². The number of amides is 1. The standard InChI is InChI=1S/C13H17NO3/c1-13(2,16)12(15)14-8-9-3-4-11-10(7-9)5-6-17-11/h3-4,7,16H,5-6,8H2,1-2H3,(H,14,15). The minimum absolute atomic E-state index is 0.366. The summed E-state index contributed by atoms with van der Waals surface area (Å²) in [7, 11) is 0. The lowest BCUT2D eigenvalue weighted by molar-refractivity contribution is -0.136. The van der Waals surface area contributed by atoms with Crippen LogP contribution in [0.5, 0.6) is 5.75 Å². The van der Waals surface area contributed by atoms with Gasteiger partial charge in [-0.15, -0.1) is 0 Å². The monoisotopic (exact) mass is 235 g/mol. The van der Waals surface area contributed by atoms with Gasteiger partial charge >= 0.3 is 0 Å². The van der Waals surface area contributed by atoms with Gasteiger partial charge in [0.15, 0.2) is 0 Å². The molecule has 17 heavy (non-hydrogen) atoms. The number of nitrogens with one attached hydrogen (secondary N) is 1. The molecule has 0 atom stereocenters. The summed E-state index contributed by atoms with van der Waals surface area (Å²) in [5.41, 5.74) is 0.867. The molecule has 0 saturated carbocycles. The van der Waals surface area contributed by atoms with Gasteiger partial charge in [0.25, 0.3) is 5.91 Å². The average molecular weight is 235 g/mol. The van der Waals surface area contributed by atoms with Crippen molar-refractivity contribution in [2.24, 2.45) is 0 Å². The fraction of sp³-hybridized carbons (Fsp3) is 0.462. The van der Waals surface area contributed by atoms with Crippen LogP contribution in [0.1, 0.15) is 25.0 Å². The van der Waals surface area contributed by atoms with E-state index in [0.717, 1.165) is 24.3 Å². The molecule has 0 fully saturated rings. The molecule has 0 spiro atoms. The van der Waals surface area contributed by atoms with Gasteiger partial charge in [0.05, 0.1) is 6.61 Å². The van der Waals surface area contributed by atoms with Crippen molar-refractivity contribution in [3.8, 4) is 5.75 Å². The lowest BCUT2D eigenvalue weighted by Gasteiger charge is -2.16. The maximum absolute atomic E-state index is 11.5. The number of hydrogen-bond acceptors (Lipinski definition) is 3. The molecule has 2 rings (SSSR count). The van der Waals surface area contributed by atoms with Crippen LogP contribution in [0.4, 0.5) is 0 Å². The van der Waals surface area contributed by atoms with Crippen LogP contribution >= 0.6 is 0 Å². The highest BCUT2D eigenvalue weighted by Gasteiger charge is 2.23. The van der Waals surface area contributed by atoms with Gasteiger partial charge in [-0.1, -0.05) is 12.1 Å². The maximum atomic E-state index is 11.5. The number of ether oxygens (including phenoxy) is 1. The van der Waals surface area contributed by atoms with Crippen molar-refractivity contribution in [2.45, 2.75) is 32.4 Å². The third kappa shape index (κ3) is 2.77. The zero-order valence-electron chi connectivity index (χ0n) is 10.1. The van der Waals surface area contributed by atoms with Gasteiger partial charge in [-0.05, 0) is 31.0 Å². The van der Waals surface area contributed by atoms with Crippen LogP contribution in [-0.4, -0.2) is 23.2 Å². The SMILES string of the molecule is CC(C)(O)C(=O)NCc1ccc2c(c1)CCO2. The molecule has 0 unspecified atom stereocenters. The van der Waals surface area contributed by atoms with Gasteiger partial charge in [-0.25, -0.2) is 0 Å². The fourth-order valence-corrected chi connectivity index (χ4v) is 1.75. The van der Waals surface area contributed by atoms with Crippen molar-refractivity contribution in [2.75, 3.05) is 6.61 Å². The summed E-state index contributed by atoms with van der Waals surface area (Å²) in [5.74, 6) is 0.566. The molecule has 1 aromatic carbocycles. The van der Waals surface area contributed by atoms with Crippen LogP contribution < -0.4 is 10.1 Å². The largest absolute Gasteiger partial charge is 0.493 e. The van der Waals surface area contributed by atoms with E-state index in [1.54, 1.807) is 0 Å². The number of rotatable bonds is 3. The molecule has 1 aliphatic heterocycles. The number of carbonyl (C=O) groups excluding carboxylic acids is 1. The first-order chi connectivity index (χ1) is 7.97. The van der Waals surface area contributed by atoms with Crippen molar-refractivity contribution >= 4 is 5.91 Å². The van der Waals surface area contributed by atoms with Crippen LogP contribution in [0.15, 0.2) is 18.2 Å². The van der Waals surface area contributed by atoms with E-state index in [0.29, 0.717) is 6.54 Å². The summed E-state index contributed by atoms with van der Waals surface area (Å²) in [6.45, 7) is 4.10. The molecule has 1 aliphatic rings. The van der Waals surface area contributed by atoms with E-state index in [1.807, 2.05) is 18.2 Å². The van der Waals surface area contributed by atoms with Gasteiger partial charge in [0.2, 0.25) is 0 Å². The number of benzene rings is 1. The zero-order chi connectivity index (χ0) is 12.5. The van der Waals surface area contributed by atoms with Crippen molar-refractivity contribution in [1.82, 2.24) is 5.32 Å². The minimum atomic E-state index is -1.33. The van der Waals surface area contributed by atoms with Crippen molar-refractivity contribution in [3.63, 3.8) is 0 Å². The molecule has 0 radical (unpaired) electrons. The first-order valence-electron chi connectivity index (χ1n) is 5.72. The molecule has 0 aromatic heterocycles. The van der Waals surface area contributed by atoms with E-state index < -0.39 is 5.60 Å². The van der Waals surface area contributed by atoms with E-state index >= 15 is 0 Å². The molecule has 2 N–H and O–H groups in total. The normalized spacial score (nSPS) is 14.1. The Morgan fingerprint density at radius 2 is 2.29 bits per heavy atom. The first kappa shape index (κ1) is 11.9. The molecule has 1 heterocycles. The fourth-order valence-electron chi connectivity index (χ4n) is 1.75. The molecular formula is C13H17NO3. The summed E-state index contributed by atoms with van der Waals surface area (Å²) in [4.78, 5) is 11.5. The summed E-state index contributed by atoms with van der Waals surface area (Å²) in [5, 5.41) is 12.2. The van der Waals surface area contributed by atoms with Crippen LogP contribution in [0.3, 0.4) is 0 Å². The van der Waals surface area contributed by atoms with E-state index in [1.165, 1.54) is 19.4 Å². The number of aliphatic hydroxyl groups is 1. The summed E-state index contributed by atoms with van der Waals surface area (Å²) in [6, 6.07) is 5.88. The van der Waals surface area contributed by atoms with E-state index in [4.69, 9.17) is 4.74 Å². The Bertz CT molecular complexity index is 435. The highest BCUT2D eigenvalue weighted by atomic mass is 16.5. The average Bonchev–Trinajstić information content (AvgIpc) is 2.71. The molecule has 4 heteroatoms. The molecule has 1 amide bonds. The Balaban J connectivity index is 1.98.